The van der Waals surface area contributed by atoms with Crippen molar-refractivity contribution in [2.24, 2.45) is 17.8 Å². The molecule has 0 unspecified atom stereocenters. The summed E-state index contributed by atoms with van der Waals surface area (Å²) in [6, 6.07) is 27.2. The minimum atomic E-state index is -2.93. The molecule has 2 amide bonds. The van der Waals surface area contributed by atoms with E-state index >= 15 is 0 Å². The van der Waals surface area contributed by atoms with E-state index < -0.39 is 9.30 Å². The maximum absolute atomic E-state index is 14.0. The Labute approximate surface area is 403 Å². The zero-order chi connectivity index (χ0) is 46.9. The molecule has 0 saturated carbocycles. The largest absolute Gasteiger partial charge is 0.483 e. The van der Waals surface area contributed by atoms with Gasteiger partial charge in [0.2, 0.25) is 11.8 Å². The van der Waals surface area contributed by atoms with Gasteiger partial charge in [0.05, 0.1) is 54.4 Å². The average Bonchev–Trinajstić information content (AvgIpc) is 4.17. The van der Waals surface area contributed by atoms with Crippen LogP contribution in [0.4, 0.5) is 8.78 Å². The van der Waals surface area contributed by atoms with Crippen molar-refractivity contribution in [2.75, 3.05) is 20.2 Å². The average molecular weight is 1030 g/mol. The molecule has 5 heterocycles. The molecule has 66 heavy (non-hydrogen) atoms. The van der Waals surface area contributed by atoms with Crippen LogP contribution in [0.1, 0.15) is 84.0 Å². The number of hydrogen-bond acceptors (Lipinski definition) is 7. The lowest BCUT2D eigenvalue weighted by Gasteiger charge is -2.31. The number of carbonyl (C=O) groups excluding carboxylic acids is 2. The van der Waals surface area contributed by atoms with Crippen molar-refractivity contribution in [3.05, 3.63) is 121 Å². The van der Waals surface area contributed by atoms with Gasteiger partial charge in [0.15, 0.2) is 5.88 Å². The molecule has 0 bridgehead atoms. The number of methoxy groups -OCH3 is 1. The Hall–Kier alpha value is -5.42. The summed E-state index contributed by atoms with van der Waals surface area (Å²) in [7, 11) is 1.53. The Balaban J connectivity index is 1.05. The van der Waals surface area contributed by atoms with Crippen LogP contribution in [-0.4, -0.2) is 75.6 Å². The summed E-state index contributed by atoms with van der Waals surface area (Å²) in [4.78, 5) is 48.1. The van der Waals surface area contributed by atoms with E-state index in [1.54, 1.807) is 12.1 Å². The molecule has 2 aliphatic rings. The second-order valence-electron chi connectivity index (χ2n) is 17.9. The van der Waals surface area contributed by atoms with Gasteiger partial charge in [-0.2, -0.15) is 8.78 Å². The van der Waals surface area contributed by atoms with Crippen LogP contribution in [0, 0.1) is 17.8 Å². The number of H-pyrrole nitrogens is 2. The Kier molecular flexibility index (Phi) is 14.1. The van der Waals surface area contributed by atoms with E-state index in [1.807, 2.05) is 55.1 Å². The number of likely N-dealkylation sites (tertiary alicyclic amines) is 2. The fourth-order valence-corrected chi connectivity index (χ4v) is 10.3. The first kappa shape index (κ1) is 47.1. The number of aromatic amines is 2. The molecular weight excluding hydrogens is 970 g/mol. The van der Waals surface area contributed by atoms with Crippen LogP contribution in [0.15, 0.2) is 115 Å². The topological polar surface area (TPSA) is 124 Å². The maximum atomic E-state index is 14.0. The zero-order valence-electron chi connectivity index (χ0n) is 38.2. The molecule has 3 N–H and O–H groups in total. The Morgan fingerprint density at radius 3 is 1.65 bits per heavy atom. The highest BCUT2D eigenvalue weighted by Crippen LogP contribution is 2.42. The van der Waals surface area contributed by atoms with Crippen LogP contribution in [-0.2, 0) is 14.3 Å². The highest BCUT2D eigenvalue weighted by Gasteiger charge is 2.38. The standard InChI is InChI=1S/C51H57F2IN8O3S/c1-30(2)32(5)49(63)60-26-8-10-44(60)47-55-28-40(58-47)34-12-16-36(17-13-34)42-24-25-43(62(42)38-20-22-39(23-21-38)66-51(52,53)54)37-18-14-35(15-19-37)41-29-56-48(59-41)45-11-9-27-61(45)50(64)46(31(3)4)57-33(6)65-7/h12-25,28-32,44-46,57H,6,8-11,26-27H2,1-5,7H3,(H,55,58)(H,56,59)/t32-,44-,45-,46-/m0/s1. The number of nitrogens with one attached hydrogen (secondary N) is 3. The molecule has 2 fully saturated rings. The number of aromatic nitrogens is 5. The quantitative estimate of drug-likeness (QED) is 0.0382. The normalized spacial score (nSPS) is 17.4. The number of rotatable bonds is 16. The van der Waals surface area contributed by atoms with Crippen LogP contribution in [0.2, 0.25) is 0 Å². The second-order valence-corrected chi connectivity index (χ2v) is 21.2. The predicted octanol–water partition coefficient (Wildman–Crippen LogP) is 12.0. The third-order valence-corrected chi connectivity index (χ3v) is 14.4. The summed E-state index contributed by atoms with van der Waals surface area (Å²) in [6.45, 7) is 15.4. The van der Waals surface area contributed by atoms with Crippen molar-refractivity contribution >= 4 is 46.2 Å². The van der Waals surface area contributed by atoms with E-state index in [0.29, 0.717) is 29.1 Å². The van der Waals surface area contributed by atoms with Crippen LogP contribution in [0.3, 0.4) is 0 Å². The molecule has 2 saturated heterocycles. The summed E-state index contributed by atoms with van der Waals surface area (Å²) < 4.78 is 32.4. The van der Waals surface area contributed by atoms with Gasteiger partial charge in [0.1, 0.15) is 17.7 Å². The van der Waals surface area contributed by atoms with Crippen LogP contribution in [0.5, 0.6) is 0 Å². The third kappa shape index (κ3) is 10.1. The van der Waals surface area contributed by atoms with Crippen molar-refractivity contribution in [1.29, 1.82) is 0 Å². The predicted molar refractivity (Wildman–Crippen MR) is 266 cm³/mol. The van der Waals surface area contributed by atoms with Crippen molar-refractivity contribution in [2.45, 2.75) is 86.6 Å². The Bertz CT molecular complexity index is 2650. The van der Waals surface area contributed by atoms with Gasteiger partial charge >= 0.3 is 3.26 Å². The number of ether oxygens (including phenoxy) is 1. The highest BCUT2D eigenvalue weighted by molar-refractivity contribution is 14.1. The van der Waals surface area contributed by atoms with Gasteiger partial charge < -0.3 is 34.4 Å². The van der Waals surface area contributed by atoms with Crippen molar-refractivity contribution < 1.29 is 23.1 Å². The first-order valence-electron chi connectivity index (χ1n) is 22.6. The fourth-order valence-electron chi connectivity index (χ4n) is 9.01. The molecule has 11 nitrogen and oxygen atoms in total. The number of imidazole rings is 2. The van der Waals surface area contributed by atoms with E-state index in [9.17, 15) is 18.4 Å². The Morgan fingerprint density at radius 2 is 1.21 bits per heavy atom. The van der Waals surface area contributed by atoms with Crippen molar-refractivity contribution in [1.82, 2.24) is 39.6 Å². The van der Waals surface area contributed by atoms with Gasteiger partial charge in [-0.1, -0.05) is 83.1 Å². The molecule has 6 aromatic rings. The van der Waals surface area contributed by atoms with E-state index in [1.165, 1.54) is 7.11 Å². The number of hydrogen-bond donors (Lipinski definition) is 3. The molecule has 2 aliphatic heterocycles. The minimum absolute atomic E-state index is 0.00736. The molecule has 0 spiro atoms. The monoisotopic (exact) mass is 1030 g/mol. The minimum Gasteiger partial charge on any atom is -0.483 e. The first-order chi connectivity index (χ1) is 31.6. The van der Waals surface area contributed by atoms with Gasteiger partial charge in [-0.05, 0) is 115 Å². The lowest BCUT2D eigenvalue weighted by atomic mass is 9.96. The summed E-state index contributed by atoms with van der Waals surface area (Å²) in [5, 5.41) is 3.14. The summed E-state index contributed by atoms with van der Waals surface area (Å²) in [5.74, 6) is 2.32. The van der Waals surface area contributed by atoms with Gasteiger partial charge in [-0.15, -0.1) is 0 Å². The van der Waals surface area contributed by atoms with E-state index in [2.05, 4.69) is 101 Å². The number of carbonyl (C=O) groups is 2. The number of benzene rings is 3. The summed E-state index contributed by atoms with van der Waals surface area (Å²) in [6.07, 6.45) is 7.18. The van der Waals surface area contributed by atoms with E-state index in [4.69, 9.17) is 14.7 Å². The van der Waals surface area contributed by atoms with E-state index in [-0.39, 0.29) is 41.7 Å². The van der Waals surface area contributed by atoms with Gasteiger partial charge in [0.25, 0.3) is 0 Å². The molecular formula is C51H57F2IN8O3S. The highest BCUT2D eigenvalue weighted by atomic mass is 127. The number of amides is 2. The van der Waals surface area contributed by atoms with Gasteiger partial charge in [-0.25, -0.2) is 9.97 Å². The Morgan fingerprint density at radius 1 is 0.742 bits per heavy atom. The molecule has 3 aromatic carbocycles. The third-order valence-electron chi connectivity index (χ3n) is 13.0. The van der Waals surface area contributed by atoms with E-state index in [0.717, 1.165) is 117 Å². The molecule has 15 heteroatoms. The first-order valence-corrected chi connectivity index (χ1v) is 24.5. The number of alkyl halides is 3. The smallest absolute Gasteiger partial charge is 0.347 e. The van der Waals surface area contributed by atoms with Gasteiger partial charge in [-0.3, -0.25) is 9.59 Å². The number of halogens is 3. The second kappa shape index (κ2) is 19.8. The van der Waals surface area contributed by atoms with Crippen molar-refractivity contribution in [3.63, 3.8) is 0 Å². The molecule has 0 aliphatic carbocycles. The molecule has 0 radical (unpaired) electrons. The molecule has 4 atom stereocenters. The van der Waals surface area contributed by atoms with Crippen LogP contribution >= 0.6 is 34.4 Å². The summed E-state index contributed by atoms with van der Waals surface area (Å²) >= 11 is 1.67. The molecule has 8 rings (SSSR count). The number of nitrogens with zero attached hydrogens (tertiary/aromatic N) is 5. The SMILES string of the molecule is C=C(N[C@H](C(=O)N1CCC[C@H]1c1ncc(-c2ccc(-c3ccc(-c4ccc(-c5cnc([C@@H]6CCCN6C(=O)[C@@H](C)C(C)C)[nH]5)cc4)n3-c3ccc(SC(F)(F)I)cc3)cc2)[nH]1)C(C)C)OC. The lowest BCUT2D eigenvalue weighted by Crippen LogP contribution is -2.48. The van der Waals surface area contributed by atoms with Gasteiger partial charge in [0, 0.05) is 52.2 Å². The summed E-state index contributed by atoms with van der Waals surface area (Å²) in [5.41, 5.74) is 8.26. The van der Waals surface area contributed by atoms with Crippen LogP contribution < -0.4 is 5.32 Å². The molecule has 346 valence electrons. The molecule has 3 aromatic heterocycles. The lowest BCUT2D eigenvalue weighted by molar-refractivity contribution is -0.137. The maximum Gasteiger partial charge on any atom is 0.347 e. The van der Waals surface area contributed by atoms with Crippen LogP contribution in [0.25, 0.3) is 50.7 Å². The number of thioether (sulfide) groups is 1. The zero-order valence-corrected chi connectivity index (χ0v) is 41.1. The fraction of sp³-hybridized carbons (Fsp3) is 0.373. The van der Waals surface area contributed by atoms with Crippen molar-refractivity contribution in [3.8, 4) is 50.7 Å².